The summed E-state index contributed by atoms with van der Waals surface area (Å²) in [6.07, 6.45) is 24.3. The van der Waals surface area contributed by atoms with Crippen LogP contribution in [0.4, 0.5) is 0 Å². The van der Waals surface area contributed by atoms with Gasteiger partial charge in [0.25, 0.3) is 0 Å². The molecule has 0 aliphatic carbocycles. The molecule has 3 nitrogen and oxygen atoms in total. The summed E-state index contributed by atoms with van der Waals surface area (Å²) in [6.45, 7) is 4.16. The van der Waals surface area contributed by atoms with E-state index < -0.39 is 0 Å². The van der Waals surface area contributed by atoms with Gasteiger partial charge in [-0.3, -0.25) is 0 Å². The Kier molecular flexibility index (Phi) is 12.8. The van der Waals surface area contributed by atoms with Crippen molar-refractivity contribution in [1.82, 2.24) is 9.55 Å². The zero-order valence-electron chi connectivity index (χ0n) is 16.1. The smallest absolute Gasteiger partial charge is 0.0949 e. The largest absolute Gasteiger partial charge is 0.391 e. The second-order valence-corrected chi connectivity index (χ2v) is 7.35. The fourth-order valence-corrected chi connectivity index (χ4v) is 3.48. The Morgan fingerprint density at radius 2 is 1.33 bits per heavy atom. The first-order valence-electron chi connectivity index (χ1n) is 10.4. The zero-order valence-corrected chi connectivity index (χ0v) is 16.1. The number of aliphatic hydroxyl groups excluding tert-OH is 1. The van der Waals surface area contributed by atoms with Gasteiger partial charge in [-0.05, 0) is 13.3 Å². The molecule has 1 heterocycles. The highest BCUT2D eigenvalue weighted by molar-refractivity contribution is 4.82. The predicted octanol–water partition coefficient (Wildman–Crippen LogP) is 6.29. The van der Waals surface area contributed by atoms with E-state index in [0.717, 1.165) is 6.42 Å². The van der Waals surface area contributed by atoms with E-state index in [1.165, 1.54) is 83.5 Å². The fourth-order valence-electron chi connectivity index (χ4n) is 3.48. The Labute approximate surface area is 149 Å². The van der Waals surface area contributed by atoms with E-state index in [1.54, 1.807) is 6.20 Å². The van der Waals surface area contributed by atoms with Crippen LogP contribution in [-0.4, -0.2) is 20.8 Å². The lowest BCUT2D eigenvalue weighted by atomic mass is 10.0. The van der Waals surface area contributed by atoms with Gasteiger partial charge >= 0.3 is 0 Å². The number of rotatable bonds is 16. The Hall–Kier alpha value is -0.830. The lowest BCUT2D eigenvalue weighted by Gasteiger charge is -2.21. The minimum atomic E-state index is -0.309. The van der Waals surface area contributed by atoms with E-state index in [0.29, 0.717) is 0 Å². The number of imidazole rings is 1. The van der Waals surface area contributed by atoms with Gasteiger partial charge in [0.2, 0.25) is 0 Å². The van der Waals surface area contributed by atoms with Crippen LogP contribution in [-0.2, 0) is 0 Å². The molecule has 24 heavy (non-hydrogen) atoms. The van der Waals surface area contributed by atoms with Crippen LogP contribution in [0.5, 0.6) is 0 Å². The predicted molar refractivity (Wildman–Crippen MR) is 103 cm³/mol. The van der Waals surface area contributed by atoms with Crippen molar-refractivity contribution < 1.29 is 5.11 Å². The normalized spacial score (nSPS) is 14.0. The number of hydrogen-bond acceptors (Lipinski definition) is 2. The maximum Gasteiger partial charge on any atom is 0.0949 e. The molecule has 0 spiro atoms. The van der Waals surface area contributed by atoms with E-state index in [-0.39, 0.29) is 12.1 Å². The molecule has 2 unspecified atom stereocenters. The van der Waals surface area contributed by atoms with Gasteiger partial charge in [-0.25, -0.2) is 4.98 Å². The van der Waals surface area contributed by atoms with Gasteiger partial charge < -0.3 is 9.67 Å². The minimum Gasteiger partial charge on any atom is -0.391 e. The van der Waals surface area contributed by atoms with Gasteiger partial charge in [-0.1, -0.05) is 90.4 Å². The number of hydrogen-bond donors (Lipinski definition) is 1. The highest BCUT2D eigenvalue weighted by Crippen LogP contribution is 2.20. The maximum absolute atomic E-state index is 9.93. The fraction of sp³-hybridized carbons (Fsp3) is 0.857. The molecule has 140 valence electrons. The summed E-state index contributed by atoms with van der Waals surface area (Å²) in [6, 6.07) is 0.181. The van der Waals surface area contributed by atoms with Crippen LogP contribution in [0.1, 0.15) is 110 Å². The highest BCUT2D eigenvalue weighted by atomic mass is 16.3. The molecule has 0 saturated carbocycles. The van der Waals surface area contributed by atoms with Crippen LogP contribution >= 0.6 is 0 Å². The Morgan fingerprint density at radius 1 is 0.833 bits per heavy atom. The third-order valence-electron chi connectivity index (χ3n) is 5.07. The third-order valence-corrected chi connectivity index (χ3v) is 5.07. The molecule has 0 aromatic carbocycles. The summed E-state index contributed by atoms with van der Waals surface area (Å²) in [5.41, 5.74) is 0. The molecule has 1 N–H and O–H groups in total. The standard InChI is InChI=1S/C21H40N2O/c1-3-4-5-6-7-8-9-10-11-12-13-14-15-16-21(20(2)24)23-18-17-22-19-23/h17-21,24H,3-16H2,1-2H3. The molecule has 3 heteroatoms. The van der Waals surface area contributed by atoms with Crippen LogP contribution in [0.25, 0.3) is 0 Å². The summed E-state index contributed by atoms with van der Waals surface area (Å²) in [5, 5.41) is 9.93. The number of unbranched alkanes of at least 4 members (excludes halogenated alkanes) is 12. The number of aliphatic hydroxyl groups is 1. The number of aromatic nitrogens is 2. The average molecular weight is 337 g/mol. The molecular formula is C21H40N2O. The molecule has 2 atom stereocenters. The monoisotopic (exact) mass is 336 g/mol. The van der Waals surface area contributed by atoms with E-state index in [9.17, 15) is 5.11 Å². The van der Waals surface area contributed by atoms with Crippen molar-refractivity contribution in [3.05, 3.63) is 18.7 Å². The molecule has 0 amide bonds. The third kappa shape index (κ3) is 10.1. The first-order chi connectivity index (χ1) is 11.8. The highest BCUT2D eigenvalue weighted by Gasteiger charge is 2.15. The first kappa shape index (κ1) is 21.2. The van der Waals surface area contributed by atoms with Crippen molar-refractivity contribution in [1.29, 1.82) is 0 Å². The second kappa shape index (κ2) is 14.5. The average Bonchev–Trinajstić information content (AvgIpc) is 3.09. The van der Waals surface area contributed by atoms with Crippen molar-refractivity contribution in [3.8, 4) is 0 Å². The van der Waals surface area contributed by atoms with Crippen molar-refractivity contribution in [3.63, 3.8) is 0 Å². The molecular weight excluding hydrogens is 296 g/mol. The Balaban J connectivity index is 1.90. The van der Waals surface area contributed by atoms with Gasteiger partial charge in [-0.2, -0.15) is 0 Å². The molecule has 0 fully saturated rings. The lowest BCUT2D eigenvalue weighted by Crippen LogP contribution is -2.20. The van der Waals surface area contributed by atoms with Crippen LogP contribution < -0.4 is 0 Å². The van der Waals surface area contributed by atoms with Crippen LogP contribution in [0.15, 0.2) is 18.7 Å². The van der Waals surface area contributed by atoms with E-state index in [4.69, 9.17) is 0 Å². The summed E-state index contributed by atoms with van der Waals surface area (Å²) < 4.78 is 2.05. The van der Waals surface area contributed by atoms with Crippen molar-refractivity contribution in [2.75, 3.05) is 0 Å². The summed E-state index contributed by atoms with van der Waals surface area (Å²) in [5.74, 6) is 0. The van der Waals surface area contributed by atoms with Gasteiger partial charge in [-0.15, -0.1) is 0 Å². The molecule has 0 saturated heterocycles. The maximum atomic E-state index is 9.93. The molecule has 0 aliphatic rings. The first-order valence-corrected chi connectivity index (χ1v) is 10.4. The second-order valence-electron chi connectivity index (χ2n) is 7.35. The van der Waals surface area contributed by atoms with Crippen LogP contribution in [0.3, 0.4) is 0 Å². The quantitative estimate of drug-likeness (QED) is 0.360. The molecule has 1 aromatic rings. The lowest BCUT2D eigenvalue weighted by molar-refractivity contribution is 0.122. The minimum absolute atomic E-state index is 0.181. The summed E-state index contributed by atoms with van der Waals surface area (Å²) >= 11 is 0. The SMILES string of the molecule is CCCCCCCCCCCCCCCC(C(C)O)n1ccnc1. The molecule has 1 aromatic heterocycles. The van der Waals surface area contributed by atoms with Crippen LogP contribution in [0, 0.1) is 0 Å². The molecule has 0 bridgehead atoms. The van der Waals surface area contributed by atoms with Crippen molar-refractivity contribution >= 4 is 0 Å². The molecule has 0 radical (unpaired) electrons. The van der Waals surface area contributed by atoms with Gasteiger partial charge in [0.05, 0.1) is 18.5 Å². The van der Waals surface area contributed by atoms with E-state index in [2.05, 4.69) is 11.9 Å². The number of nitrogens with zero attached hydrogens (tertiary/aromatic N) is 2. The van der Waals surface area contributed by atoms with Gasteiger partial charge in [0, 0.05) is 12.4 Å². The molecule has 1 rings (SSSR count). The molecule has 0 aliphatic heterocycles. The zero-order chi connectivity index (χ0) is 17.5. The van der Waals surface area contributed by atoms with Crippen LogP contribution in [0.2, 0.25) is 0 Å². The van der Waals surface area contributed by atoms with E-state index in [1.807, 2.05) is 24.0 Å². The Bertz CT molecular complexity index is 362. The topological polar surface area (TPSA) is 38.0 Å². The van der Waals surface area contributed by atoms with Crippen molar-refractivity contribution in [2.24, 2.45) is 0 Å². The Morgan fingerprint density at radius 3 is 1.75 bits per heavy atom. The van der Waals surface area contributed by atoms with Crippen molar-refractivity contribution in [2.45, 2.75) is 116 Å². The summed E-state index contributed by atoms with van der Waals surface area (Å²) in [4.78, 5) is 4.09. The van der Waals surface area contributed by atoms with Gasteiger partial charge in [0.15, 0.2) is 0 Å². The summed E-state index contributed by atoms with van der Waals surface area (Å²) in [7, 11) is 0. The van der Waals surface area contributed by atoms with Gasteiger partial charge in [0.1, 0.15) is 0 Å². The van der Waals surface area contributed by atoms with E-state index >= 15 is 0 Å².